The summed E-state index contributed by atoms with van der Waals surface area (Å²) in [6.45, 7) is 0. The Kier molecular flexibility index (Phi) is 4.74. The Morgan fingerprint density at radius 2 is 2.14 bits per heavy atom. The van der Waals surface area contributed by atoms with Crippen LogP contribution in [0.25, 0.3) is 0 Å². The van der Waals surface area contributed by atoms with E-state index in [0.717, 1.165) is 0 Å². The van der Waals surface area contributed by atoms with Gasteiger partial charge in [0.2, 0.25) is 0 Å². The van der Waals surface area contributed by atoms with E-state index in [2.05, 4.69) is 27.8 Å². The molecule has 0 heterocycles. The Morgan fingerprint density at radius 1 is 1.43 bits per heavy atom. The van der Waals surface area contributed by atoms with Crippen LogP contribution in [0.3, 0.4) is 0 Å². The van der Waals surface area contributed by atoms with Gasteiger partial charge < -0.3 is 0 Å². The highest BCUT2D eigenvalue weighted by Crippen LogP contribution is 2.26. The predicted octanol–water partition coefficient (Wildman–Crippen LogP) is 4.22. The zero-order chi connectivity index (χ0) is 10.6. The third-order valence-corrected chi connectivity index (χ3v) is 2.93. The van der Waals surface area contributed by atoms with Crippen LogP contribution in [0.2, 0.25) is 5.02 Å². The van der Waals surface area contributed by atoms with Gasteiger partial charge in [0.05, 0.1) is 10.6 Å². The largest absolute Gasteiger partial charge is 0.204 e. The second-order valence-electron chi connectivity index (χ2n) is 2.46. The Labute approximate surface area is 101 Å². The van der Waals surface area contributed by atoms with Crippen molar-refractivity contribution in [2.75, 3.05) is 5.88 Å². The first-order valence-electron chi connectivity index (χ1n) is 3.85. The van der Waals surface area contributed by atoms with Crippen molar-refractivity contribution < 1.29 is 4.39 Å². The van der Waals surface area contributed by atoms with Crippen molar-refractivity contribution in [1.82, 2.24) is 0 Å². The summed E-state index contributed by atoms with van der Waals surface area (Å²) >= 11 is 14.2. The lowest BCUT2D eigenvalue weighted by molar-refractivity contribution is 0.624. The van der Waals surface area contributed by atoms with Gasteiger partial charge in [-0.05, 0) is 28.1 Å². The molecule has 14 heavy (non-hydrogen) atoms. The minimum absolute atomic E-state index is 0.0580. The molecule has 0 unspecified atom stereocenters. The number of hydrogen-bond acceptors (Lipinski definition) is 0. The minimum atomic E-state index is -0.497. The molecule has 0 aliphatic carbocycles. The molecule has 1 aromatic rings. The molecule has 0 aromatic heterocycles. The second kappa shape index (κ2) is 5.60. The Hall–Kier alpha value is -0.230. The summed E-state index contributed by atoms with van der Waals surface area (Å²) in [5.74, 6) is 5.36. The van der Waals surface area contributed by atoms with Crippen LogP contribution in [-0.2, 0) is 0 Å². The summed E-state index contributed by atoms with van der Waals surface area (Å²) in [7, 11) is 0. The molecule has 1 aromatic carbocycles. The molecule has 0 nitrogen and oxygen atoms in total. The van der Waals surface area contributed by atoms with Crippen molar-refractivity contribution in [2.45, 2.75) is 6.42 Å². The summed E-state index contributed by atoms with van der Waals surface area (Å²) in [6.07, 6.45) is 0.536. The third-order valence-electron chi connectivity index (χ3n) is 1.48. The van der Waals surface area contributed by atoms with Crippen molar-refractivity contribution in [2.24, 2.45) is 0 Å². The number of rotatable bonds is 1. The molecule has 4 heteroatoms. The summed E-state index contributed by atoms with van der Waals surface area (Å²) < 4.78 is 13.9. The number of hydrogen-bond donors (Lipinski definition) is 0. The SMILES string of the molecule is Fc1c(C#CCCCl)ccc(Br)c1Cl. The molecular formula is C10H6BrCl2F. The summed E-state index contributed by atoms with van der Waals surface area (Å²) in [5.41, 5.74) is 0.295. The third kappa shape index (κ3) is 2.88. The molecular weight excluding hydrogens is 290 g/mol. The zero-order valence-corrected chi connectivity index (χ0v) is 10.2. The van der Waals surface area contributed by atoms with E-state index in [1.807, 2.05) is 0 Å². The fourth-order valence-electron chi connectivity index (χ4n) is 0.827. The molecule has 0 saturated heterocycles. The number of benzene rings is 1. The van der Waals surface area contributed by atoms with E-state index >= 15 is 0 Å². The van der Waals surface area contributed by atoms with Gasteiger partial charge in [-0.15, -0.1) is 11.6 Å². The highest BCUT2D eigenvalue weighted by molar-refractivity contribution is 9.10. The molecule has 1 rings (SSSR count). The maximum atomic E-state index is 13.4. The first-order chi connectivity index (χ1) is 6.66. The van der Waals surface area contributed by atoms with Gasteiger partial charge in [-0.2, -0.15) is 0 Å². The maximum absolute atomic E-state index is 13.4. The Balaban J connectivity index is 3.02. The lowest BCUT2D eigenvalue weighted by atomic mass is 10.2. The van der Waals surface area contributed by atoms with Crippen LogP contribution < -0.4 is 0 Å². The van der Waals surface area contributed by atoms with Crippen molar-refractivity contribution in [3.63, 3.8) is 0 Å². The fraction of sp³-hybridized carbons (Fsp3) is 0.200. The van der Waals surface area contributed by atoms with Crippen molar-refractivity contribution in [3.05, 3.63) is 33.0 Å². The lowest BCUT2D eigenvalue weighted by Gasteiger charge is -1.99. The first-order valence-corrected chi connectivity index (χ1v) is 5.55. The average Bonchev–Trinajstić information content (AvgIpc) is 2.18. The van der Waals surface area contributed by atoms with E-state index in [0.29, 0.717) is 22.3 Å². The molecule has 0 saturated carbocycles. The molecule has 0 bridgehead atoms. The van der Waals surface area contributed by atoms with Crippen LogP contribution in [0.4, 0.5) is 4.39 Å². The average molecular weight is 296 g/mol. The molecule has 74 valence electrons. The zero-order valence-electron chi connectivity index (χ0n) is 7.08. The summed E-state index contributed by atoms with van der Waals surface area (Å²) in [5, 5.41) is 0.0580. The van der Waals surface area contributed by atoms with Crippen LogP contribution >= 0.6 is 39.1 Å². The van der Waals surface area contributed by atoms with E-state index in [9.17, 15) is 4.39 Å². The van der Waals surface area contributed by atoms with Crippen LogP contribution in [0.5, 0.6) is 0 Å². The standard InChI is InChI=1S/C10H6BrCl2F/c11-8-5-4-7(3-1-2-6-12)10(14)9(8)13/h4-5H,2,6H2. The highest BCUT2D eigenvalue weighted by Gasteiger charge is 2.07. The smallest absolute Gasteiger partial charge is 0.158 e. The molecule has 0 fully saturated rings. The number of halogens is 4. The minimum Gasteiger partial charge on any atom is -0.204 e. The van der Waals surface area contributed by atoms with E-state index in [-0.39, 0.29) is 5.02 Å². The summed E-state index contributed by atoms with van der Waals surface area (Å²) in [6, 6.07) is 3.24. The van der Waals surface area contributed by atoms with Gasteiger partial charge in [0.15, 0.2) is 5.82 Å². The Bertz CT molecular complexity index is 393. The number of alkyl halides is 1. The quantitative estimate of drug-likeness (QED) is 0.413. The van der Waals surface area contributed by atoms with Crippen molar-refractivity contribution >= 4 is 39.1 Å². The van der Waals surface area contributed by atoms with Gasteiger partial charge in [0, 0.05) is 16.8 Å². The highest BCUT2D eigenvalue weighted by atomic mass is 79.9. The van der Waals surface area contributed by atoms with E-state index < -0.39 is 5.82 Å². The lowest BCUT2D eigenvalue weighted by Crippen LogP contribution is -1.86. The molecule has 0 spiro atoms. The van der Waals surface area contributed by atoms with Gasteiger partial charge in [-0.3, -0.25) is 0 Å². The molecule has 0 N–H and O–H groups in total. The molecule has 0 amide bonds. The first kappa shape index (κ1) is 11.8. The van der Waals surface area contributed by atoms with Gasteiger partial charge in [0.1, 0.15) is 0 Å². The van der Waals surface area contributed by atoms with Gasteiger partial charge in [-0.25, -0.2) is 4.39 Å². The van der Waals surface area contributed by atoms with Gasteiger partial charge in [-0.1, -0.05) is 23.4 Å². The molecule has 0 radical (unpaired) electrons. The predicted molar refractivity (Wildman–Crippen MR) is 61.3 cm³/mol. The monoisotopic (exact) mass is 294 g/mol. The van der Waals surface area contributed by atoms with E-state index in [1.54, 1.807) is 12.1 Å². The van der Waals surface area contributed by atoms with Gasteiger partial charge >= 0.3 is 0 Å². The summed E-state index contributed by atoms with van der Waals surface area (Å²) in [4.78, 5) is 0. The van der Waals surface area contributed by atoms with Crippen molar-refractivity contribution in [3.8, 4) is 11.8 Å². The fourth-order valence-corrected chi connectivity index (χ4v) is 1.39. The van der Waals surface area contributed by atoms with Crippen molar-refractivity contribution in [1.29, 1.82) is 0 Å². The van der Waals surface area contributed by atoms with Crippen LogP contribution in [0, 0.1) is 17.7 Å². The topological polar surface area (TPSA) is 0 Å². The molecule has 0 atom stereocenters. The molecule has 0 aliphatic heterocycles. The molecule has 0 aliphatic rings. The Morgan fingerprint density at radius 3 is 2.79 bits per heavy atom. The van der Waals surface area contributed by atoms with Crippen LogP contribution in [-0.4, -0.2) is 5.88 Å². The van der Waals surface area contributed by atoms with Crippen LogP contribution in [0.15, 0.2) is 16.6 Å². The van der Waals surface area contributed by atoms with Gasteiger partial charge in [0.25, 0.3) is 0 Å². The maximum Gasteiger partial charge on any atom is 0.158 e. The van der Waals surface area contributed by atoms with E-state index in [1.165, 1.54) is 0 Å². The normalized spacial score (nSPS) is 9.43. The second-order valence-corrected chi connectivity index (χ2v) is 4.07. The van der Waals surface area contributed by atoms with Crippen LogP contribution in [0.1, 0.15) is 12.0 Å². The van der Waals surface area contributed by atoms with E-state index in [4.69, 9.17) is 23.2 Å².